The predicted molar refractivity (Wildman–Crippen MR) is 91.4 cm³/mol. The molecular formula is C18H21ClFN2O+. The van der Waals surface area contributed by atoms with Gasteiger partial charge in [0.2, 0.25) is 0 Å². The van der Waals surface area contributed by atoms with Gasteiger partial charge >= 0.3 is 0 Å². The van der Waals surface area contributed by atoms with Crippen molar-refractivity contribution in [3.05, 3.63) is 63.9 Å². The van der Waals surface area contributed by atoms with E-state index in [4.69, 9.17) is 11.6 Å². The summed E-state index contributed by atoms with van der Waals surface area (Å²) < 4.78 is 12.9. The van der Waals surface area contributed by atoms with Crippen molar-refractivity contribution in [2.75, 3.05) is 18.9 Å². The van der Waals surface area contributed by atoms with E-state index in [1.165, 1.54) is 12.1 Å². The van der Waals surface area contributed by atoms with Crippen LogP contribution in [-0.2, 0) is 11.3 Å². The van der Waals surface area contributed by atoms with Crippen LogP contribution < -0.4 is 10.2 Å². The lowest BCUT2D eigenvalue weighted by molar-refractivity contribution is -0.885. The van der Waals surface area contributed by atoms with Gasteiger partial charge in [0.15, 0.2) is 6.54 Å². The molecule has 0 aliphatic rings. The highest BCUT2D eigenvalue weighted by Gasteiger charge is 2.14. The van der Waals surface area contributed by atoms with Crippen molar-refractivity contribution >= 4 is 23.2 Å². The van der Waals surface area contributed by atoms with Crippen LogP contribution in [0.3, 0.4) is 0 Å². The van der Waals surface area contributed by atoms with Gasteiger partial charge in [-0.25, -0.2) is 4.39 Å². The largest absolute Gasteiger partial charge is 0.326 e. The van der Waals surface area contributed by atoms with Crippen molar-refractivity contribution in [3.8, 4) is 0 Å². The molecule has 0 bridgehead atoms. The Labute approximate surface area is 141 Å². The summed E-state index contributed by atoms with van der Waals surface area (Å²) in [5, 5.41) is 3.43. The van der Waals surface area contributed by atoms with Crippen LogP contribution in [-0.4, -0.2) is 19.5 Å². The van der Waals surface area contributed by atoms with Gasteiger partial charge in [0.1, 0.15) is 12.4 Å². The van der Waals surface area contributed by atoms with Crippen molar-refractivity contribution in [2.45, 2.75) is 20.4 Å². The summed E-state index contributed by atoms with van der Waals surface area (Å²) in [6.07, 6.45) is 0. The van der Waals surface area contributed by atoms with Crippen LogP contribution in [0.1, 0.15) is 16.7 Å². The van der Waals surface area contributed by atoms with Crippen LogP contribution >= 0.6 is 11.6 Å². The van der Waals surface area contributed by atoms with E-state index in [1.807, 2.05) is 33.0 Å². The summed E-state index contributed by atoms with van der Waals surface area (Å²) in [5.74, 6) is -0.355. The van der Waals surface area contributed by atoms with E-state index in [0.29, 0.717) is 23.8 Å². The van der Waals surface area contributed by atoms with E-state index in [2.05, 4.69) is 5.32 Å². The second-order valence-electron chi connectivity index (χ2n) is 5.92. The maximum atomic E-state index is 12.9. The molecule has 0 heterocycles. The van der Waals surface area contributed by atoms with Gasteiger partial charge in [0.25, 0.3) is 5.91 Å². The van der Waals surface area contributed by atoms with Crippen LogP contribution in [0.4, 0.5) is 10.1 Å². The number of aryl methyl sites for hydroxylation is 2. The SMILES string of the molecule is Cc1cc(C)c(NC(=O)C[NH+](C)Cc2ccc(F)cc2)c(Cl)c1. The van der Waals surface area contributed by atoms with Crippen LogP contribution in [0, 0.1) is 19.7 Å². The molecule has 0 aliphatic carbocycles. The summed E-state index contributed by atoms with van der Waals surface area (Å²) in [6.45, 7) is 4.84. The van der Waals surface area contributed by atoms with Crippen molar-refractivity contribution < 1.29 is 14.1 Å². The molecule has 2 aromatic carbocycles. The Morgan fingerprint density at radius 3 is 2.48 bits per heavy atom. The number of hydrogen-bond donors (Lipinski definition) is 2. The van der Waals surface area contributed by atoms with Crippen molar-refractivity contribution in [1.29, 1.82) is 0 Å². The summed E-state index contributed by atoms with van der Waals surface area (Å²) in [7, 11) is 1.92. The fourth-order valence-electron chi connectivity index (χ4n) is 2.54. The van der Waals surface area contributed by atoms with Gasteiger partial charge in [0, 0.05) is 5.56 Å². The first-order valence-corrected chi connectivity index (χ1v) is 7.85. The molecule has 122 valence electrons. The highest BCUT2D eigenvalue weighted by molar-refractivity contribution is 6.34. The molecule has 0 aliphatic heterocycles. The quantitative estimate of drug-likeness (QED) is 0.865. The minimum Gasteiger partial charge on any atom is -0.326 e. The van der Waals surface area contributed by atoms with Crippen LogP contribution in [0.25, 0.3) is 0 Å². The number of likely N-dealkylation sites (N-methyl/N-ethyl adjacent to an activating group) is 1. The van der Waals surface area contributed by atoms with Gasteiger partial charge in [-0.05, 0) is 43.2 Å². The molecule has 1 atom stereocenters. The molecule has 2 aromatic rings. The van der Waals surface area contributed by atoms with Crippen molar-refractivity contribution in [2.24, 2.45) is 0 Å². The van der Waals surface area contributed by atoms with E-state index in [0.717, 1.165) is 21.6 Å². The first kappa shape index (κ1) is 17.4. The second kappa shape index (κ2) is 7.57. The summed E-state index contributed by atoms with van der Waals surface area (Å²) in [4.78, 5) is 13.2. The number of halogens is 2. The normalized spacial score (nSPS) is 12.0. The molecular weight excluding hydrogens is 315 g/mol. The number of benzene rings is 2. The number of carbonyl (C=O) groups is 1. The number of anilines is 1. The molecule has 5 heteroatoms. The van der Waals surface area contributed by atoms with Gasteiger partial charge < -0.3 is 10.2 Å². The average Bonchev–Trinajstić information content (AvgIpc) is 2.45. The molecule has 0 saturated carbocycles. The molecule has 0 saturated heterocycles. The molecule has 1 amide bonds. The van der Waals surface area contributed by atoms with Gasteiger partial charge in [-0.3, -0.25) is 4.79 Å². The zero-order valence-electron chi connectivity index (χ0n) is 13.5. The third-order valence-electron chi connectivity index (χ3n) is 3.58. The predicted octanol–water partition coefficient (Wildman–Crippen LogP) is 2.75. The smallest absolute Gasteiger partial charge is 0.279 e. The Balaban J connectivity index is 1.95. The summed E-state index contributed by atoms with van der Waals surface area (Å²) in [6, 6.07) is 10.1. The second-order valence-corrected chi connectivity index (χ2v) is 6.33. The Morgan fingerprint density at radius 1 is 1.22 bits per heavy atom. The van der Waals surface area contributed by atoms with Crippen LogP contribution in [0.15, 0.2) is 36.4 Å². The molecule has 0 aromatic heterocycles. The molecule has 23 heavy (non-hydrogen) atoms. The molecule has 0 radical (unpaired) electrons. The van der Waals surface area contributed by atoms with Gasteiger partial charge in [-0.2, -0.15) is 0 Å². The Morgan fingerprint density at radius 2 is 1.87 bits per heavy atom. The van der Waals surface area contributed by atoms with Gasteiger partial charge in [-0.15, -0.1) is 0 Å². The molecule has 2 N–H and O–H groups in total. The maximum Gasteiger partial charge on any atom is 0.279 e. The van der Waals surface area contributed by atoms with Crippen molar-refractivity contribution in [3.63, 3.8) is 0 Å². The molecule has 3 nitrogen and oxygen atoms in total. The molecule has 0 spiro atoms. The van der Waals surface area contributed by atoms with E-state index < -0.39 is 0 Å². The maximum absolute atomic E-state index is 12.9. The number of quaternary nitrogens is 1. The highest BCUT2D eigenvalue weighted by Crippen LogP contribution is 2.27. The number of rotatable bonds is 5. The zero-order valence-corrected chi connectivity index (χ0v) is 14.3. The molecule has 0 fully saturated rings. The monoisotopic (exact) mass is 335 g/mol. The average molecular weight is 336 g/mol. The molecule has 1 unspecified atom stereocenters. The summed E-state index contributed by atoms with van der Waals surface area (Å²) in [5.41, 5.74) is 3.65. The van der Waals surface area contributed by atoms with E-state index in [1.54, 1.807) is 12.1 Å². The van der Waals surface area contributed by atoms with Crippen LogP contribution in [0.2, 0.25) is 5.02 Å². The minimum atomic E-state index is -0.256. The van der Waals surface area contributed by atoms with Gasteiger partial charge in [0.05, 0.1) is 17.8 Å². The third kappa shape index (κ3) is 5.05. The zero-order chi connectivity index (χ0) is 17.0. The van der Waals surface area contributed by atoms with Crippen LogP contribution in [0.5, 0.6) is 0 Å². The first-order valence-electron chi connectivity index (χ1n) is 7.47. The number of carbonyl (C=O) groups excluding carboxylic acids is 1. The fourth-order valence-corrected chi connectivity index (χ4v) is 2.91. The lowest BCUT2D eigenvalue weighted by Crippen LogP contribution is -3.08. The highest BCUT2D eigenvalue weighted by atomic mass is 35.5. The Kier molecular flexibility index (Phi) is 5.74. The number of nitrogens with one attached hydrogen (secondary N) is 2. The van der Waals surface area contributed by atoms with Gasteiger partial charge in [-0.1, -0.05) is 29.8 Å². The van der Waals surface area contributed by atoms with E-state index in [-0.39, 0.29) is 11.7 Å². The third-order valence-corrected chi connectivity index (χ3v) is 3.88. The fraction of sp³-hybridized carbons (Fsp3) is 0.278. The standard InChI is InChI=1S/C18H20ClFN2O/c1-12-8-13(2)18(16(19)9-12)21-17(23)11-22(3)10-14-4-6-15(20)7-5-14/h4-9H,10-11H2,1-3H3,(H,21,23)/p+1. The molecule has 2 rings (SSSR count). The Bertz CT molecular complexity index is 678. The lowest BCUT2D eigenvalue weighted by Gasteiger charge is -2.15. The number of amides is 1. The van der Waals surface area contributed by atoms with E-state index >= 15 is 0 Å². The van der Waals surface area contributed by atoms with E-state index in [9.17, 15) is 9.18 Å². The minimum absolute atomic E-state index is 0.0986. The topological polar surface area (TPSA) is 33.5 Å². The first-order chi connectivity index (χ1) is 10.8. The van der Waals surface area contributed by atoms with Crippen molar-refractivity contribution in [1.82, 2.24) is 0 Å². The Hall–Kier alpha value is -1.91. The number of hydrogen-bond acceptors (Lipinski definition) is 1. The lowest BCUT2D eigenvalue weighted by atomic mass is 10.1. The summed E-state index contributed by atoms with van der Waals surface area (Å²) >= 11 is 6.20.